The van der Waals surface area contributed by atoms with Crippen LogP contribution < -0.4 is 10.1 Å². The van der Waals surface area contributed by atoms with Gasteiger partial charge in [-0.05, 0) is 48.5 Å². The molecule has 0 saturated heterocycles. The van der Waals surface area contributed by atoms with Crippen molar-refractivity contribution in [1.82, 2.24) is 0 Å². The number of nitrogens with zero attached hydrogens (tertiary/aromatic N) is 1. The first-order valence-electron chi connectivity index (χ1n) is 8.61. The van der Waals surface area contributed by atoms with Crippen molar-refractivity contribution < 1.29 is 23.8 Å². The number of rotatable bonds is 6. The lowest BCUT2D eigenvalue weighted by Crippen LogP contribution is -2.13. The smallest absolute Gasteiger partial charge is 0.337 e. The molecule has 30 heavy (non-hydrogen) atoms. The Labute approximate surface area is 176 Å². The minimum absolute atomic E-state index is 0.0194. The molecule has 1 heterocycles. The zero-order chi connectivity index (χ0) is 21.7. The lowest BCUT2D eigenvalue weighted by Gasteiger charge is -2.05. The third-order valence-corrected chi connectivity index (χ3v) is 4.42. The Morgan fingerprint density at radius 2 is 1.90 bits per heavy atom. The Balaban J connectivity index is 1.79. The van der Waals surface area contributed by atoms with E-state index < -0.39 is 11.9 Å². The number of halogens is 1. The van der Waals surface area contributed by atoms with Crippen LogP contribution in [-0.2, 0) is 4.79 Å². The van der Waals surface area contributed by atoms with Gasteiger partial charge in [0.15, 0.2) is 0 Å². The molecule has 150 valence electrons. The summed E-state index contributed by atoms with van der Waals surface area (Å²) in [6, 6.07) is 16.2. The first-order chi connectivity index (χ1) is 14.4. The predicted octanol–water partition coefficient (Wildman–Crippen LogP) is 4.85. The number of nitriles is 1. The van der Waals surface area contributed by atoms with E-state index in [2.05, 4.69) is 5.32 Å². The van der Waals surface area contributed by atoms with Crippen molar-refractivity contribution in [2.24, 2.45) is 0 Å². The molecule has 2 aromatic carbocycles. The van der Waals surface area contributed by atoms with Crippen LogP contribution in [0.15, 0.2) is 64.6 Å². The fourth-order valence-electron chi connectivity index (χ4n) is 2.59. The van der Waals surface area contributed by atoms with Crippen molar-refractivity contribution >= 4 is 35.2 Å². The molecular weight excluding hydrogens is 408 g/mol. The molecule has 0 saturated carbocycles. The maximum atomic E-state index is 12.4. The Morgan fingerprint density at radius 1 is 1.17 bits per heavy atom. The number of ether oxygens (including phenoxy) is 1. The summed E-state index contributed by atoms with van der Waals surface area (Å²) in [5.74, 6) is -0.382. The van der Waals surface area contributed by atoms with E-state index in [1.807, 2.05) is 6.07 Å². The molecule has 2 N–H and O–H groups in total. The molecule has 0 unspecified atom stereocenters. The molecule has 8 heteroatoms. The zero-order valence-corrected chi connectivity index (χ0v) is 16.4. The van der Waals surface area contributed by atoms with Crippen LogP contribution in [-0.4, -0.2) is 24.1 Å². The van der Waals surface area contributed by atoms with E-state index >= 15 is 0 Å². The van der Waals surface area contributed by atoms with Crippen molar-refractivity contribution in [2.45, 2.75) is 0 Å². The number of carbonyl (C=O) groups excluding carboxylic acids is 1. The van der Waals surface area contributed by atoms with E-state index in [0.29, 0.717) is 22.8 Å². The van der Waals surface area contributed by atoms with Crippen LogP contribution >= 0.6 is 11.6 Å². The standard InChI is InChI=1S/C22H15ClN2O5/c1-29-16-5-3-15(4-6-16)25-21(26)14(12-24)10-17-7-9-20(30-17)13-2-8-18(22(27)28)19(23)11-13/h2-11H,1H3,(H,25,26)(H,27,28)/b14-10+. The van der Waals surface area contributed by atoms with Crippen LogP contribution in [0.25, 0.3) is 17.4 Å². The van der Waals surface area contributed by atoms with E-state index in [0.717, 1.165) is 0 Å². The first-order valence-corrected chi connectivity index (χ1v) is 8.99. The number of carboxylic acids is 1. The molecule has 0 aliphatic rings. The molecule has 1 aromatic heterocycles. The number of carboxylic acid groups (broad SMARTS) is 1. The third-order valence-electron chi connectivity index (χ3n) is 4.11. The average molecular weight is 423 g/mol. The Bertz CT molecular complexity index is 1170. The second-order valence-electron chi connectivity index (χ2n) is 6.05. The van der Waals surface area contributed by atoms with Crippen LogP contribution in [0.2, 0.25) is 5.02 Å². The van der Waals surface area contributed by atoms with Gasteiger partial charge in [0.25, 0.3) is 5.91 Å². The molecular formula is C22H15ClN2O5. The zero-order valence-electron chi connectivity index (χ0n) is 15.7. The fraction of sp³-hybridized carbons (Fsp3) is 0.0455. The Hall–Kier alpha value is -4.02. The van der Waals surface area contributed by atoms with Gasteiger partial charge in [-0.15, -0.1) is 0 Å². The van der Waals surface area contributed by atoms with E-state index in [-0.39, 0.29) is 21.9 Å². The lowest BCUT2D eigenvalue weighted by atomic mass is 10.1. The predicted molar refractivity (Wildman–Crippen MR) is 111 cm³/mol. The molecule has 0 aliphatic carbocycles. The third kappa shape index (κ3) is 4.69. The summed E-state index contributed by atoms with van der Waals surface area (Å²) in [4.78, 5) is 23.4. The number of furan rings is 1. The number of methoxy groups -OCH3 is 1. The number of carbonyl (C=O) groups is 2. The summed E-state index contributed by atoms with van der Waals surface area (Å²) in [6.07, 6.45) is 1.32. The molecule has 0 radical (unpaired) electrons. The van der Waals surface area contributed by atoms with Gasteiger partial charge < -0.3 is 19.6 Å². The van der Waals surface area contributed by atoms with Crippen molar-refractivity contribution in [3.63, 3.8) is 0 Å². The minimum Gasteiger partial charge on any atom is -0.497 e. The first kappa shape index (κ1) is 20.7. The van der Waals surface area contributed by atoms with Crippen LogP contribution in [0, 0.1) is 11.3 Å². The molecule has 0 atom stereocenters. The van der Waals surface area contributed by atoms with Crippen LogP contribution in [0.5, 0.6) is 5.75 Å². The summed E-state index contributed by atoms with van der Waals surface area (Å²) in [5, 5.41) is 21.1. The molecule has 0 fully saturated rings. The summed E-state index contributed by atoms with van der Waals surface area (Å²) in [6.45, 7) is 0. The second-order valence-corrected chi connectivity index (χ2v) is 6.46. The van der Waals surface area contributed by atoms with Crippen molar-refractivity contribution in [3.8, 4) is 23.1 Å². The normalized spacial score (nSPS) is 10.9. The van der Waals surface area contributed by atoms with Gasteiger partial charge in [-0.25, -0.2) is 4.79 Å². The van der Waals surface area contributed by atoms with Crippen LogP contribution in [0.1, 0.15) is 16.1 Å². The average Bonchev–Trinajstić information content (AvgIpc) is 3.20. The number of aromatic carboxylic acids is 1. The van der Waals surface area contributed by atoms with Gasteiger partial charge in [0.2, 0.25) is 0 Å². The lowest BCUT2D eigenvalue weighted by molar-refractivity contribution is -0.112. The largest absolute Gasteiger partial charge is 0.497 e. The number of anilines is 1. The highest BCUT2D eigenvalue weighted by Crippen LogP contribution is 2.28. The van der Waals surface area contributed by atoms with Gasteiger partial charge in [0.05, 0.1) is 17.7 Å². The van der Waals surface area contributed by atoms with Crippen molar-refractivity contribution in [1.29, 1.82) is 5.26 Å². The highest BCUT2D eigenvalue weighted by atomic mass is 35.5. The van der Waals surface area contributed by atoms with E-state index in [4.69, 9.17) is 25.9 Å². The van der Waals surface area contributed by atoms with Gasteiger partial charge in [0.1, 0.15) is 28.9 Å². The highest BCUT2D eigenvalue weighted by molar-refractivity contribution is 6.33. The minimum atomic E-state index is -1.13. The summed E-state index contributed by atoms with van der Waals surface area (Å²) in [5.41, 5.74) is 0.904. The number of benzene rings is 2. The second kappa shape index (κ2) is 8.99. The molecule has 0 aliphatic heterocycles. The molecule has 0 spiro atoms. The highest BCUT2D eigenvalue weighted by Gasteiger charge is 2.14. The molecule has 3 aromatic rings. The topological polar surface area (TPSA) is 113 Å². The van der Waals surface area contributed by atoms with Gasteiger partial charge in [-0.2, -0.15) is 5.26 Å². The van der Waals surface area contributed by atoms with Gasteiger partial charge >= 0.3 is 5.97 Å². The van der Waals surface area contributed by atoms with Crippen LogP contribution in [0.4, 0.5) is 5.69 Å². The quantitative estimate of drug-likeness (QED) is 0.433. The van der Waals surface area contributed by atoms with Crippen molar-refractivity contribution in [3.05, 3.63) is 76.5 Å². The van der Waals surface area contributed by atoms with Gasteiger partial charge in [-0.3, -0.25) is 4.79 Å². The summed E-state index contributed by atoms with van der Waals surface area (Å²) >= 11 is 5.99. The monoisotopic (exact) mass is 422 g/mol. The number of amides is 1. The maximum Gasteiger partial charge on any atom is 0.337 e. The molecule has 1 amide bonds. The SMILES string of the molecule is COc1ccc(NC(=O)/C(C#N)=C/c2ccc(-c3ccc(C(=O)O)c(Cl)c3)o2)cc1. The van der Waals surface area contributed by atoms with E-state index in [1.54, 1.807) is 42.5 Å². The number of nitrogens with one attached hydrogen (secondary N) is 1. The summed E-state index contributed by atoms with van der Waals surface area (Å²) < 4.78 is 10.7. The van der Waals surface area contributed by atoms with E-state index in [1.165, 1.54) is 25.3 Å². The van der Waals surface area contributed by atoms with Crippen molar-refractivity contribution in [2.75, 3.05) is 12.4 Å². The van der Waals surface area contributed by atoms with Gasteiger partial charge in [-0.1, -0.05) is 17.7 Å². The van der Waals surface area contributed by atoms with Gasteiger partial charge in [0, 0.05) is 17.3 Å². The van der Waals surface area contributed by atoms with Crippen LogP contribution in [0.3, 0.4) is 0 Å². The fourth-order valence-corrected chi connectivity index (χ4v) is 2.85. The maximum absolute atomic E-state index is 12.4. The Kier molecular flexibility index (Phi) is 6.20. The Morgan fingerprint density at radius 3 is 2.50 bits per heavy atom. The summed E-state index contributed by atoms with van der Waals surface area (Å²) in [7, 11) is 1.54. The molecule has 7 nitrogen and oxygen atoms in total. The molecule has 0 bridgehead atoms. The van der Waals surface area contributed by atoms with E-state index in [9.17, 15) is 14.9 Å². The molecule has 3 rings (SSSR count). The number of hydrogen-bond donors (Lipinski definition) is 2. The number of hydrogen-bond acceptors (Lipinski definition) is 5.